The number of piperazine rings is 1. The fraction of sp³-hybridized carbons (Fsp3) is 0.258. The lowest BCUT2D eigenvalue weighted by Gasteiger charge is -2.36. The number of benzene rings is 2. The zero-order chi connectivity index (χ0) is 31.0. The van der Waals surface area contributed by atoms with E-state index in [1.807, 2.05) is 58.9 Å². The predicted molar refractivity (Wildman–Crippen MR) is 167 cm³/mol. The molecule has 1 aliphatic heterocycles. The number of carbonyl (C=O) groups is 1. The lowest BCUT2D eigenvalue weighted by Crippen LogP contribution is -2.47. The number of carboxylic acid groups (broad SMARTS) is 1. The molecule has 0 unspecified atom stereocenters. The zero-order valence-corrected chi connectivity index (χ0v) is 25.0. The van der Waals surface area contributed by atoms with Gasteiger partial charge < -0.3 is 19.3 Å². The van der Waals surface area contributed by atoms with Crippen molar-refractivity contribution < 1.29 is 19.0 Å². The van der Waals surface area contributed by atoms with Crippen molar-refractivity contribution in [3.8, 4) is 23.0 Å². The Kier molecular flexibility index (Phi) is 7.97. The van der Waals surface area contributed by atoms with E-state index < -0.39 is 17.2 Å². The number of hydrogen-bond acceptors (Lipinski definition) is 8. The fourth-order valence-corrected chi connectivity index (χ4v) is 5.79. The average Bonchev–Trinajstić information content (AvgIpc) is 3.37. The molecule has 0 radical (unpaired) electrons. The van der Waals surface area contributed by atoms with E-state index in [9.17, 15) is 14.7 Å². The van der Waals surface area contributed by atoms with Crippen molar-refractivity contribution in [1.29, 1.82) is 0 Å². The molecule has 0 saturated carbocycles. The van der Waals surface area contributed by atoms with Crippen LogP contribution in [0.1, 0.15) is 17.3 Å². The SMILES string of the molecule is CCn1cc(C(=O)O)c(=O)c2cc(F)c(N3CCN(Cn4nc(-c5ccccn5)n(-c5ccc(OC)cc5)c4=S)CC3)cc21. The van der Waals surface area contributed by atoms with Gasteiger partial charge in [-0.25, -0.2) is 13.9 Å². The van der Waals surface area contributed by atoms with E-state index in [0.717, 1.165) is 17.5 Å². The number of carboxylic acids is 1. The third-order valence-electron chi connectivity index (χ3n) is 7.83. The maximum atomic E-state index is 15.4. The molecule has 4 heterocycles. The van der Waals surface area contributed by atoms with Gasteiger partial charge in [0.25, 0.3) is 0 Å². The number of fused-ring (bicyclic) bond motifs is 1. The number of rotatable bonds is 8. The highest BCUT2D eigenvalue weighted by atomic mass is 32.1. The van der Waals surface area contributed by atoms with E-state index in [4.69, 9.17) is 22.1 Å². The van der Waals surface area contributed by atoms with E-state index in [-0.39, 0.29) is 10.9 Å². The summed E-state index contributed by atoms with van der Waals surface area (Å²) in [6, 6.07) is 16.0. The van der Waals surface area contributed by atoms with Crippen LogP contribution in [0.3, 0.4) is 0 Å². The van der Waals surface area contributed by atoms with Crippen molar-refractivity contribution in [3.05, 3.63) is 93.4 Å². The van der Waals surface area contributed by atoms with Gasteiger partial charge in [-0.2, -0.15) is 0 Å². The van der Waals surface area contributed by atoms with Crippen LogP contribution >= 0.6 is 12.2 Å². The largest absolute Gasteiger partial charge is 0.497 e. The summed E-state index contributed by atoms with van der Waals surface area (Å²) in [4.78, 5) is 32.9. The Balaban J connectivity index is 1.25. The molecule has 1 fully saturated rings. The zero-order valence-electron chi connectivity index (χ0n) is 24.2. The van der Waals surface area contributed by atoms with Crippen LogP contribution in [0.4, 0.5) is 10.1 Å². The fourth-order valence-electron chi connectivity index (χ4n) is 5.50. The number of aromatic carboxylic acids is 1. The molecule has 1 N–H and O–H groups in total. The van der Waals surface area contributed by atoms with E-state index in [0.29, 0.717) is 66.9 Å². The quantitative estimate of drug-likeness (QED) is 0.254. The van der Waals surface area contributed by atoms with Gasteiger partial charge in [-0.1, -0.05) is 6.07 Å². The smallest absolute Gasteiger partial charge is 0.341 e. The van der Waals surface area contributed by atoms with E-state index >= 15 is 4.39 Å². The van der Waals surface area contributed by atoms with Gasteiger partial charge in [0.05, 0.1) is 30.7 Å². The minimum Gasteiger partial charge on any atom is -0.497 e. The minimum absolute atomic E-state index is 0.0529. The molecule has 6 rings (SSSR count). The van der Waals surface area contributed by atoms with E-state index in [1.165, 1.54) is 6.20 Å². The van der Waals surface area contributed by atoms with Gasteiger partial charge in [-0.15, -0.1) is 5.10 Å². The van der Waals surface area contributed by atoms with Gasteiger partial charge in [0.2, 0.25) is 10.2 Å². The molecule has 5 aromatic rings. The highest BCUT2D eigenvalue weighted by molar-refractivity contribution is 7.71. The molecule has 3 aromatic heterocycles. The lowest BCUT2D eigenvalue weighted by molar-refractivity contribution is 0.0695. The Bertz CT molecular complexity index is 1960. The maximum Gasteiger partial charge on any atom is 0.341 e. The summed E-state index contributed by atoms with van der Waals surface area (Å²) >= 11 is 5.90. The number of ether oxygens (including phenoxy) is 1. The van der Waals surface area contributed by atoms with Gasteiger partial charge in [0, 0.05) is 50.5 Å². The molecule has 1 saturated heterocycles. The summed E-state index contributed by atoms with van der Waals surface area (Å²) in [5, 5.41) is 14.3. The summed E-state index contributed by atoms with van der Waals surface area (Å²) in [5.74, 6) is -0.545. The Hall–Kier alpha value is -4.88. The normalized spacial score (nSPS) is 13.8. The molecule has 0 bridgehead atoms. The van der Waals surface area contributed by atoms with Crippen molar-refractivity contribution in [2.45, 2.75) is 20.1 Å². The highest BCUT2D eigenvalue weighted by Crippen LogP contribution is 2.27. The van der Waals surface area contributed by atoms with Crippen molar-refractivity contribution in [2.75, 3.05) is 38.2 Å². The molecule has 0 atom stereocenters. The highest BCUT2D eigenvalue weighted by Gasteiger charge is 2.24. The number of pyridine rings is 2. The maximum absolute atomic E-state index is 15.4. The summed E-state index contributed by atoms with van der Waals surface area (Å²) in [6.45, 7) is 5.01. The average molecular weight is 616 g/mol. The first-order chi connectivity index (χ1) is 21.3. The number of anilines is 1. The first-order valence-corrected chi connectivity index (χ1v) is 14.5. The molecular formula is C31H30FN7O4S. The number of aryl methyl sites for hydroxylation is 1. The Morgan fingerprint density at radius 1 is 1.09 bits per heavy atom. The predicted octanol–water partition coefficient (Wildman–Crippen LogP) is 4.43. The second kappa shape index (κ2) is 12.0. The molecule has 13 heteroatoms. The number of methoxy groups -OCH3 is 1. The first-order valence-electron chi connectivity index (χ1n) is 14.1. The molecule has 0 amide bonds. The third kappa shape index (κ3) is 5.35. The molecule has 11 nitrogen and oxygen atoms in total. The van der Waals surface area contributed by atoms with Crippen LogP contribution in [0.15, 0.2) is 71.8 Å². The third-order valence-corrected chi connectivity index (χ3v) is 8.22. The monoisotopic (exact) mass is 615 g/mol. The number of hydrogen-bond donors (Lipinski definition) is 1. The molecule has 44 heavy (non-hydrogen) atoms. The molecule has 226 valence electrons. The standard InChI is InChI=1S/C31H30FN7O4S/c1-3-36-18-23(30(41)42)28(40)22-16-24(32)27(17-26(22)36)37-14-12-35(13-15-37)19-38-31(44)39(20-7-9-21(43-2)10-8-20)29(34-38)25-6-4-5-11-33-25/h4-11,16-18H,3,12-15,19H2,1-2H3,(H,41,42). The summed E-state index contributed by atoms with van der Waals surface area (Å²) in [5.41, 5.74) is 1.33. The van der Waals surface area contributed by atoms with Crippen LogP contribution in [-0.2, 0) is 13.2 Å². The summed E-state index contributed by atoms with van der Waals surface area (Å²) in [6.07, 6.45) is 3.03. The van der Waals surface area contributed by atoms with Gasteiger partial charge in [0.15, 0.2) is 5.82 Å². The van der Waals surface area contributed by atoms with Crippen molar-refractivity contribution in [3.63, 3.8) is 0 Å². The molecular weight excluding hydrogens is 585 g/mol. The van der Waals surface area contributed by atoms with Crippen molar-refractivity contribution in [1.82, 2.24) is 28.8 Å². The van der Waals surface area contributed by atoms with Gasteiger partial charge in [-0.05, 0) is 67.7 Å². The Labute approximate surface area is 257 Å². The minimum atomic E-state index is -1.33. The van der Waals surface area contributed by atoms with Crippen molar-refractivity contribution >= 4 is 34.8 Å². The van der Waals surface area contributed by atoms with Crippen LogP contribution in [0.2, 0.25) is 0 Å². The van der Waals surface area contributed by atoms with Crippen LogP contribution < -0.4 is 15.1 Å². The van der Waals surface area contributed by atoms with E-state index in [2.05, 4.69) is 9.88 Å². The lowest BCUT2D eigenvalue weighted by atomic mass is 10.1. The van der Waals surface area contributed by atoms with Gasteiger partial charge >= 0.3 is 5.97 Å². The van der Waals surface area contributed by atoms with Crippen LogP contribution in [0, 0.1) is 10.6 Å². The second-order valence-electron chi connectivity index (χ2n) is 10.4. The van der Waals surface area contributed by atoms with Crippen molar-refractivity contribution in [2.24, 2.45) is 0 Å². The Morgan fingerprint density at radius 3 is 2.48 bits per heavy atom. The Morgan fingerprint density at radius 2 is 1.84 bits per heavy atom. The number of nitrogens with zero attached hydrogens (tertiary/aromatic N) is 7. The topological polar surface area (TPSA) is 111 Å². The second-order valence-corrected chi connectivity index (χ2v) is 10.7. The molecule has 0 aliphatic carbocycles. The number of halogens is 1. The molecule has 0 spiro atoms. The molecule has 1 aliphatic rings. The summed E-state index contributed by atoms with van der Waals surface area (Å²) < 4.78 is 26.5. The van der Waals surface area contributed by atoms with Crippen LogP contribution in [-0.4, -0.2) is 73.2 Å². The van der Waals surface area contributed by atoms with Gasteiger partial charge in [0.1, 0.15) is 22.8 Å². The first kappa shape index (κ1) is 29.2. The summed E-state index contributed by atoms with van der Waals surface area (Å²) in [7, 11) is 1.62. The van der Waals surface area contributed by atoms with Crippen LogP contribution in [0.5, 0.6) is 5.75 Å². The van der Waals surface area contributed by atoms with Gasteiger partial charge in [-0.3, -0.25) is 19.2 Å². The van der Waals surface area contributed by atoms with Crippen LogP contribution in [0.25, 0.3) is 28.1 Å². The van der Waals surface area contributed by atoms with E-state index in [1.54, 1.807) is 28.6 Å². The number of aromatic nitrogens is 5. The molecule has 2 aromatic carbocycles.